The van der Waals surface area contributed by atoms with Crippen LogP contribution in [0.25, 0.3) is 0 Å². The molecule has 0 N–H and O–H groups in total. The Morgan fingerprint density at radius 1 is 1.00 bits per heavy atom. The number of unbranched alkanes of at least 4 members (excludes halogenated alkanes) is 1. The SMILES string of the molecule is CC(C)=CCC/C(C)=C/CCC#C[Si](C)(C)C. The first-order chi connectivity index (χ1) is 7.81. The quantitative estimate of drug-likeness (QED) is 0.267. The van der Waals surface area contributed by atoms with E-state index in [2.05, 4.69) is 64.0 Å². The molecule has 0 amide bonds. The van der Waals surface area contributed by atoms with Crippen LogP contribution in [0.4, 0.5) is 0 Å². The van der Waals surface area contributed by atoms with Crippen LogP contribution in [0.3, 0.4) is 0 Å². The van der Waals surface area contributed by atoms with Crippen LogP contribution in [-0.4, -0.2) is 8.07 Å². The molecule has 0 radical (unpaired) electrons. The van der Waals surface area contributed by atoms with Gasteiger partial charge in [0, 0.05) is 6.42 Å². The van der Waals surface area contributed by atoms with E-state index in [9.17, 15) is 0 Å². The van der Waals surface area contributed by atoms with Gasteiger partial charge in [-0.1, -0.05) is 42.9 Å². The van der Waals surface area contributed by atoms with Crippen molar-refractivity contribution < 1.29 is 0 Å². The van der Waals surface area contributed by atoms with E-state index in [1.54, 1.807) is 0 Å². The fourth-order valence-electron chi connectivity index (χ4n) is 1.41. The molecule has 0 spiro atoms. The van der Waals surface area contributed by atoms with Gasteiger partial charge in [-0.2, -0.15) is 0 Å². The van der Waals surface area contributed by atoms with Crippen LogP contribution >= 0.6 is 0 Å². The maximum absolute atomic E-state index is 3.40. The van der Waals surface area contributed by atoms with Gasteiger partial charge in [-0.15, -0.1) is 11.5 Å². The Morgan fingerprint density at radius 2 is 1.65 bits per heavy atom. The van der Waals surface area contributed by atoms with Crippen LogP contribution in [0.15, 0.2) is 23.3 Å². The molecular weight excluding hydrogens is 220 g/mol. The average Bonchev–Trinajstić information content (AvgIpc) is 2.14. The molecule has 0 atom stereocenters. The van der Waals surface area contributed by atoms with Crippen molar-refractivity contribution in [2.24, 2.45) is 0 Å². The van der Waals surface area contributed by atoms with Crippen molar-refractivity contribution >= 4 is 8.07 Å². The van der Waals surface area contributed by atoms with E-state index in [0.717, 1.165) is 12.8 Å². The zero-order chi connectivity index (χ0) is 13.3. The maximum atomic E-state index is 3.40. The standard InChI is InChI=1S/C16H28Si/c1-15(2)11-10-13-16(3)12-8-7-9-14-17(4,5)6/h11-12H,7-8,10,13H2,1-6H3/b16-12+. The highest BCUT2D eigenvalue weighted by Crippen LogP contribution is 2.08. The molecule has 0 aliphatic heterocycles. The molecule has 0 aromatic rings. The van der Waals surface area contributed by atoms with Crippen LogP contribution in [0.5, 0.6) is 0 Å². The molecular formula is C16H28Si. The van der Waals surface area contributed by atoms with Crippen molar-refractivity contribution in [1.29, 1.82) is 0 Å². The minimum Gasteiger partial charge on any atom is -0.132 e. The summed E-state index contributed by atoms with van der Waals surface area (Å²) < 4.78 is 0. The molecule has 0 aromatic heterocycles. The molecule has 0 rings (SSSR count). The van der Waals surface area contributed by atoms with Crippen molar-refractivity contribution in [3.63, 3.8) is 0 Å². The van der Waals surface area contributed by atoms with Crippen molar-refractivity contribution in [2.45, 2.75) is 66.1 Å². The molecule has 1 heteroatoms. The first-order valence-electron chi connectivity index (χ1n) is 6.60. The Hall–Kier alpha value is -0.743. The first kappa shape index (κ1) is 16.3. The molecule has 0 aliphatic carbocycles. The molecule has 0 fully saturated rings. The van der Waals surface area contributed by atoms with Gasteiger partial charge < -0.3 is 0 Å². The highest BCUT2D eigenvalue weighted by atomic mass is 28.3. The summed E-state index contributed by atoms with van der Waals surface area (Å²) in [5.41, 5.74) is 6.32. The van der Waals surface area contributed by atoms with Crippen LogP contribution in [0, 0.1) is 11.5 Å². The van der Waals surface area contributed by atoms with Gasteiger partial charge in [0.05, 0.1) is 0 Å². The van der Waals surface area contributed by atoms with Crippen molar-refractivity contribution in [3.05, 3.63) is 23.3 Å². The largest absolute Gasteiger partial charge is 0.132 e. The zero-order valence-corrected chi connectivity index (χ0v) is 13.5. The number of hydrogen-bond donors (Lipinski definition) is 0. The predicted molar refractivity (Wildman–Crippen MR) is 82.8 cm³/mol. The summed E-state index contributed by atoms with van der Waals surface area (Å²) in [4.78, 5) is 0. The third kappa shape index (κ3) is 13.2. The van der Waals surface area contributed by atoms with Crippen molar-refractivity contribution in [1.82, 2.24) is 0 Å². The summed E-state index contributed by atoms with van der Waals surface area (Å²) in [6.45, 7) is 13.4. The van der Waals surface area contributed by atoms with Gasteiger partial charge in [0.1, 0.15) is 8.07 Å². The van der Waals surface area contributed by atoms with Crippen LogP contribution in [-0.2, 0) is 0 Å². The Labute approximate surface area is 109 Å². The van der Waals surface area contributed by atoms with E-state index in [4.69, 9.17) is 0 Å². The van der Waals surface area contributed by atoms with E-state index in [1.165, 1.54) is 24.0 Å². The molecule has 0 saturated carbocycles. The molecule has 17 heavy (non-hydrogen) atoms. The highest BCUT2D eigenvalue weighted by Gasteiger charge is 2.06. The first-order valence-corrected chi connectivity index (χ1v) is 10.1. The van der Waals surface area contributed by atoms with Crippen LogP contribution < -0.4 is 0 Å². The second-order valence-electron chi connectivity index (χ2n) is 5.96. The number of allylic oxidation sites excluding steroid dienone is 4. The lowest BCUT2D eigenvalue weighted by Crippen LogP contribution is -2.16. The summed E-state index contributed by atoms with van der Waals surface area (Å²) in [7, 11) is -1.16. The normalized spacial score (nSPS) is 11.8. The Balaban J connectivity index is 3.84. The number of hydrogen-bond acceptors (Lipinski definition) is 0. The second kappa shape index (κ2) is 8.36. The topological polar surface area (TPSA) is 0 Å². The van der Waals surface area contributed by atoms with E-state index < -0.39 is 8.07 Å². The van der Waals surface area contributed by atoms with Crippen molar-refractivity contribution in [2.75, 3.05) is 0 Å². The van der Waals surface area contributed by atoms with Gasteiger partial charge in [0.2, 0.25) is 0 Å². The summed E-state index contributed by atoms with van der Waals surface area (Å²) in [6, 6.07) is 0. The Bertz CT molecular complexity index is 325. The molecule has 0 aliphatic rings. The number of rotatable bonds is 5. The minimum absolute atomic E-state index is 1.02. The lowest BCUT2D eigenvalue weighted by atomic mass is 10.1. The fraction of sp³-hybridized carbons (Fsp3) is 0.625. The van der Waals surface area contributed by atoms with Gasteiger partial charge >= 0.3 is 0 Å². The van der Waals surface area contributed by atoms with E-state index in [-0.39, 0.29) is 0 Å². The minimum atomic E-state index is -1.16. The fourth-order valence-corrected chi connectivity index (χ4v) is 2.06. The zero-order valence-electron chi connectivity index (χ0n) is 12.5. The maximum Gasteiger partial charge on any atom is 0.129 e. The summed E-state index contributed by atoms with van der Waals surface area (Å²) in [5.74, 6) is 3.31. The third-order valence-electron chi connectivity index (χ3n) is 2.32. The Morgan fingerprint density at radius 3 is 2.18 bits per heavy atom. The smallest absolute Gasteiger partial charge is 0.129 e. The Kier molecular flexibility index (Phi) is 8.00. The molecule has 0 bridgehead atoms. The van der Waals surface area contributed by atoms with Crippen molar-refractivity contribution in [3.8, 4) is 11.5 Å². The molecule has 0 heterocycles. The molecule has 0 saturated heterocycles. The third-order valence-corrected chi connectivity index (χ3v) is 3.24. The lowest BCUT2D eigenvalue weighted by molar-refractivity contribution is 0.941. The summed E-state index contributed by atoms with van der Waals surface area (Å²) >= 11 is 0. The van der Waals surface area contributed by atoms with Gasteiger partial charge in [-0.25, -0.2) is 0 Å². The van der Waals surface area contributed by atoms with Gasteiger partial charge in [-0.3, -0.25) is 0 Å². The van der Waals surface area contributed by atoms with E-state index in [0.29, 0.717) is 0 Å². The average molecular weight is 248 g/mol. The molecule has 0 nitrogen and oxygen atoms in total. The van der Waals surface area contributed by atoms with E-state index in [1.807, 2.05) is 0 Å². The molecule has 0 unspecified atom stereocenters. The molecule has 0 aromatic carbocycles. The summed E-state index contributed by atoms with van der Waals surface area (Å²) in [6.07, 6.45) is 9.14. The van der Waals surface area contributed by atoms with Crippen LogP contribution in [0.1, 0.15) is 46.5 Å². The van der Waals surface area contributed by atoms with Gasteiger partial charge in [0.25, 0.3) is 0 Å². The van der Waals surface area contributed by atoms with Crippen LogP contribution in [0.2, 0.25) is 19.6 Å². The lowest BCUT2D eigenvalue weighted by Gasteiger charge is -2.03. The van der Waals surface area contributed by atoms with E-state index >= 15 is 0 Å². The second-order valence-corrected chi connectivity index (χ2v) is 10.7. The summed E-state index contributed by atoms with van der Waals surface area (Å²) in [5, 5.41) is 0. The molecule has 96 valence electrons. The predicted octanol–water partition coefficient (Wildman–Crippen LogP) is 5.34. The highest BCUT2D eigenvalue weighted by molar-refractivity contribution is 6.83. The van der Waals surface area contributed by atoms with Gasteiger partial charge in [0.15, 0.2) is 0 Å². The monoisotopic (exact) mass is 248 g/mol. The van der Waals surface area contributed by atoms with Gasteiger partial charge in [-0.05, 0) is 40.0 Å².